The largest absolute Gasteiger partial charge is 0.497 e. The Morgan fingerprint density at radius 1 is 1.17 bits per heavy atom. The van der Waals surface area contributed by atoms with E-state index in [4.69, 9.17) is 14.5 Å². The molecule has 2 heterocycles. The van der Waals surface area contributed by atoms with Crippen molar-refractivity contribution in [2.24, 2.45) is 4.99 Å². The second-order valence-electron chi connectivity index (χ2n) is 6.78. The van der Waals surface area contributed by atoms with Gasteiger partial charge in [0.15, 0.2) is 5.96 Å². The number of hydrogen-bond acceptors (Lipinski definition) is 6. The van der Waals surface area contributed by atoms with E-state index in [9.17, 15) is 5.11 Å². The molecule has 0 aliphatic carbocycles. The first-order valence-electron chi connectivity index (χ1n) is 9.87. The molecule has 0 spiro atoms. The summed E-state index contributed by atoms with van der Waals surface area (Å²) in [6, 6.07) is 9.67. The molecular weight excluding hydrogens is 515 g/mol. The topological polar surface area (TPSA) is 69.6 Å². The average molecular weight is 546 g/mol. The van der Waals surface area contributed by atoms with Crippen LogP contribution in [0.15, 0.2) is 40.7 Å². The molecule has 1 aliphatic rings. The van der Waals surface area contributed by atoms with Crippen LogP contribution in [-0.2, 0) is 0 Å². The lowest BCUT2D eigenvalue weighted by molar-refractivity contribution is 0.185. The van der Waals surface area contributed by atoms with Gasteiger partial charge in [-0.2, -0.15) is 0 Å². The quantitative estimate of drug-likeness (QED) is 0.316. The van der Waals surface area contributed by atoms with Gasteiger partial charge in [0, 0.05) is 38.8 Å². The Morgan fingerprint density at radius 3 is 2.37 bits per heavy atom. The fourth-order valence-corrected chi connectivity index (χ4v) is 4.10. The number of benzene rings is 1. The smallest absolute Gasteiger partial charge is 0.194 e. The summed E-state index contributed by atoms with van der Waals surface area (Å²) in [5.74, 6) is 2.14. The molecule has 2 aromatic rings. The molecule has 0 amide bonds. The Balaban J connectivity index is 0.00000320. The van der Waals surface area contributed by atoms with Crippen molar-refractivity contribution in [1.29, 1.82) is 0 Å². The van der Waals surface area contributed by atoms with Crippen LogP contribution >= 0.6 is 35.3 Å². The number of thiophene rings is 1. The lowest BCUT2D eigenvalue weighted by Gasteiger charge is -2.37. The van der Waals surface area contributed by atoms with Gasteiger partial charge in [-0.05, 0) is 42.1 Å². The highest BCUT2D eigenvalue weighted by molar-refractivity contribution is 14.0. The van der Waals surface area contributed by atoms with Crippen molar-refractivity contribution in [1.82, 2.24) is 10.2 Å². The minimum absolute atomic E-state index is 0. The maximum absolute atomic E-state index is 10.7. The molecular formula is C21H31IN4O3S. The summed E-state index contributed by atoms with van der Waals surface area (Å²) in [5.41, 5.74) is 0.725. The Kier molecular flexibility index (Phi) is 9.99. The van der Waals surface area contributed by atoms with Crippen molar-refractivity contribution in [2.45, 2.75) is 13.0 Å². The maximum Gasteiger partial charge on any atom is 0.194 e. The van der Waals surface area contributed by atoms with Crippen molar-refractivity contribution in [2.75, 3.05) is 58.4 Å². The second-order valence-corrected chi connectivity index (χ2v) is 7.71. The van der Waals surface area contributed by atoms with Crippen molar-refractivity contribution >= 4 is 46.3 Å². The van der Waals surface area contributed by atoms with Crippen LogP contribution in [0.5, 0.6) is 11.5 Å². The van der Waals surface area contributed by atoms with E-state index in [2.05, 4.69) is 39.6 Å². The monoisotopic (exact) mass is 546 g/mol. The fourth-order valence-electron chi connectivity index (χ4n) is 3.31. The molecule has 1 aliphatic heterocycles. The normalized spacial score (nSPS) is 15.4. The highest BCUT2D eigenvalue weighted by atomic mass is 127. The zero-order valence-electron chi connectivity index (χ0n) is 17.7. The Labute approximate surface area is 199 Å². The molecule has 1 fully saturated rings. The van der Waals surface area contributed by atoms with Gasteiger partial charge in [0.2, 0.25) is 0 Å². The third kappa shape index (κ3) is 6.39. The van der Waals surface area contributed by atoms with Crippen LogP contribution in [-0.4, -0.2) is 69.5 Å². The van der Waals surface area contributed by atoms with E-state index in [0.29, 0.717) is 11.5 Å². The van der Waals surface area contributed by atoms with E-state index in [1.807, 2.05) is 12.1 Å². The molecule has 166 valence electrons. The van der Waals surface area contributed by atoms with Crippen LogP contribution in [0.4, 0.5) is 5.00 Å². The first-order chi connectivity index (χ1) is 14.1. The number of halogens is 1. The standard InChI is InChI=1S/C21H30N4O3S.HI/c1-4-22-21(25-9-7-24(8-10-25)20-6-5-11-29-20)23-15-19(26)16-12-17(27-2)14-18(13-16)28-3;/h5-6,11-14,19,26H,4,7-10,15H2,1-3H3,(H,22,23);1H. The van der Waals surface area contributed by atoms with Gasteiger partial charge in [-0.1, -0.05) is 0 Å². The zero-order chi connectivity index (χ0) is 20.6. The number of nitrogens with zero attached hydrogens (tertiary/aromatic N) is 3. The minimum Gasteiger partial charge on any atom is -0.497 e. The van der Waals surface area contributed by atoms with Gasteiger partial charge in [-0.3, -0.25) is 4.99 Å². The van der Waals surface area contributed by atoms with Crippen LogP contribution in [0.3, 0.4) is 0 Å². The van der Waals surface area contributed by atoms with Crippen LogP contribution < -0.4 is 19.7 Å². The lowest BCUT2D eigenvalue weighted by atomic mass is 10.1. The SMILES string of the molecule is CCNC(=NCC(O)c1cc(OC)cc(OC)c1)N1CCN(c2cccs2)CC1.I. The van der Waals surface area contributed by atoms with Gasteiger partial charge >= 0.3 is 0 Å². The summed E-state index contributed by atoms with van der Waals surface area (Å²) in [6.45, 7) is 6.82. The number of aliphatic hydroxyl groups excluding tert-OH is 1. The number of guanidine groups is 1. The van der Waals surface area contributed by atoms with Crippen LogP contribution in [0, 0.1) is 0 Å². The molecule has 7 nitrogen and oxygen atoms in total. The first-order valence-corrected chi connectivity index (χ1v) is 10.7. The highest BCUT2D eigenvalue weighted by Crippen LogP contribution is 2.27. The molecule has 30 heavy (non-hydrogen) atoms. The molecule has 1 saturated heterocycles. The average Bonchev–Trinajstić information content (AvgIpc) is 3.31. The van der Waals surface area contributed by atoms with Crippen LogP contribution in [0.2, 0.25) is 0 Å². The molecule has 1 unspecified atom stereocenters. The third-order valence-electron chi connectivity index (χ3n) is 4.90. The minimum atomic E-state index is -0.736. The van der Waals surface area contributed by atoms with Gasteiger partial charge in [0.1, 0.15) is 11.5 Å². The van der Waals surface area contributed by atoms with Crippen molar-refractivity contribution < 1.29 is 14.6 Å². The van der Waals surface area contributed by atoms with Crippen molar-refractivity contribution in [3.05, 3.63) is 41.3 Å². The fraction of sp³-hybridized carbons (Fsp3) is 0.476. The maximum atomic E-state index is 10.7. The Hall–Kier alpha value is -1.72. The van der Waals surface area contributed by atoms with Crippen LogP contribution in [0.25, 0.3) is 0 Å². The Bertz CT molecular complexity index is 773. The number of anilines is 1. The van der Waals surface area contributed by atoms with E-state index in [1.54, 1.807) is 31.6 Å². The lowest BCUT2D eigenvalue weighted by Crippen LogP contribution is -2.52. The predicted molar refractivity (Wildman–Crippen MR) is 134 cm³/mol. The number of aliphatic hydroxyl groups is 1. The number of methoxy groups -OCH3 is 2. The van der Waals surface area contributed by atoms with Gasteiger partial charge in [0.05, 0.1) is 31.9 Å². The number of aliphatic imine (C=N–C) groups is 1. The zero-order valence-corrected chi connectivity index (χ0v) is 20.9. The molecule has 0 saturated carbocycles. The summed E-state index contributed by atoms with van der Waals surface area (Å²) in [4.78, 5) is 9.36. The first kappa shape index (κ1) is 24.5. The summed E-state index contributed by atoms with van der Waals surface area (Å²) < 4.78 is 10.6. The second kappa shape index (κ2) is 12.2. The highest BCUT2D eigenvalue weighted by Gasteiger charge is 2.21. The number of nitrogens with one attached hydrogen (secondary N) is 1. The van der Waals surface area contributed by atoms with Gasteiger partial charge in [0.25, 0.3) is 0 Å². The number of piperazine rings is 1. The summed E-state index contributed by atoms with van der Waals surface area (Å²) >= 11 is 1.78. The van der Waals surface area contributed by atoms with E-state index < -0.39 is 6.10 Å². The molecule has 1 atom stereocenters. The van der Waals surface area contributed by atoms with Gasteiger partial charge in [-0.15, -0.1) is 35.3 Å². The third-order valence-corrected chi connectivity index (χ3v) is 5.83. The predicted octanol–water partition coefficient (Wildman–Crippen LogP) is 3.20. The van der Waals surface area contributed by atoms with E-state index in [0.717, 1.165) is 44.2 Å². The number of ether oxygens (including phenoxy) is 2. The van der Waals surface area contributed by atoms with Crippen LogP contribution in [0.1, 0.15) is 18.6 Å². The molecule has 2 N–H and O–H groups in total. The number of hydrogen-bond donors (Lipinski definition) is 2. The van der Waals surface area contributed by atoms with E-state index in [-0.39, 0.29) is 30.5 Å². The van der Waals surface area contributed by atoms with E-state index in [1.165, 1.54) is 5.00 Å². The van der Waals surface area contributed by atoms with Crippen molar-refractivity contribution in [3.63, 3.8) is 0 Å². The molecule has 0 radical (unpaired) electrons. The molecule has 3 rings (SSSR count). The number of rotatable bonds is 7. The van der Waals surface area contributed by atoms with E-state index >= 15 is 0 Å². The summed E-state index contributed by atoms with van der Waals surface area (Å²) in [7, 11) is 3.20. The molecule has 0 bridgehead atoms. The van der Waals surface area contributed by atoms with Gasteiger partial charge in [-0.25, -0.2) is 0 Å². The molecule has 9 heteroatoms. The Morgan fingerprint density at radius 2 is 1.83 bits per heavy atom. The summed E-state index contributed by atoms with van der Waals surface area (Å²) in [6.07, 6.45) is -0.736. The molecule has 1 aromatic carbocycles. The van der Waals surface area contributed by atoms with Crippen molar-refractivity contribution in [3.8, 4) is 11.5 Å². The summed E-state index contributed by atoms with van der Waals surface area (Å²) in [5, 5.41) is 17.5. The molecule has 1 aromatic heterocycles. The van der Waals surface area contributed by atoms with Gasteiger partial charge < -0.3 is 29.7 Å².